The van der Waals surface area contributed by atoms with Gasteiger partial charge in [-0.1, -0.05) is 0 Å². The smallest absolute Gasteiger partial charge is 0.328 e. The molecule has 0 rings (SSSR count). The van der Waals surface area contributed by atoms with Crippen LogP contribution in [0.3, 0.4) is 0 Å². The lowest BCUT2D eigenvalue weighted by atomic mass is 10.0. The summed E-state index contributed by atoms with van der Waals surface area (Å²) >= 11 is 5.19. The van der Waals surface area contributed by atoms with E-state index in [1.54, 1.807) is 0 Å². The van der Waals surface area contributed by atoms with Gasteiger partial charge in [-0.2, -0.15) is 8.42 Å². The van der Waals surface area contributed by atoms with Crippen LogP contribution in [-0.4, -0.2) is 45.7 Å². The summed E-state index contributed by atoms with van der Waals surface area (Å²) in [5.41, 5.74) is 0. The number of rotatable bonds is 6. The lowest BCUT2D eigenvalue weighted by Gasteiger charge is -2.22. The van der Waals surface area contributed by atoms with Gasteiger partial charge >= 0.3 is 11.9 Å². The van der Waals surface area contributed by atoms with E-state index >= 15 is 0 Å². The van der Waals surface area contributed by atoms with E-state index < -0.39 is 45.5 Å². The molecule has 0 aromatic heterocycles. The van der Waals surface area contributed by atoms with Gasteiger partial charge in [-0.25, -0.2) is 0 Å². The Hall–Kier alpha value is -0.860. The molecule has 1 atom stereocenters. The van der Waals surface area contributed by atoms with Gasteiger partial charge in [-0.15, -0.1) is 11.6 Å². The molecule has 15 heavy (non-hydrogen) atoms. The zero-order valence-corrected chi connectivity index (χ0v) is 8.95. The summed E-state index contributed by atoms with van der Waals surface area (Å²) in [5.74, 6) is -3.99. The summed E-state index contributed by atoms with van der Waals surface area (Å²) in [6.07, 6.45) is -1.93. The molecule has 0 aromatic carbocycles. The van der Waals surface area contributed by atoms with Crippen molar-refractivity contribution >= 4 is 33.7 Å². The molecule has 0 saturated carbocycles. The minimum Gasteiger partial charge on any atom is -0.481 e. The van der Waals surface area contributed by atoms with Crippen LogP contribution in [0.25, 0.3) is 0 Å². The van der Waals surface area contributed by atoms with E-state index in [4.69, 9.17) is 26.4 Å². The number of carboxylic acids is 2. The van der Waals surface area contributed by atoms with Crippen molar-refractivity contribution in [3.05, 3.63) is 0 Å². The topological polar surface area (TPSA) is 129 Å². The number of carbonyl (C=O) groups is 2. The monoisotopic (exact) mass is 260 g/mol. The SMILES string of the molecule is O=C(O)CC(CCCl)(C(=O)O)S(=O)(=O)O. The van der Waals surface area contributed by atoms with E-state index in [0.717, 1.165) is 0 Å². The molecule has 0 saturated heterocycles. The lowest BCUT2D eigenvalue weighted by molar-refractivity contribution is -0.146. The normalized spacial score (nSPS) is 15.6. The summed E-state index contributed by atoms with van der Waals surface area (Å²) in [4.78, 5) is 21.1. The van der Waals surface area contributed by atoms with Gasteiger partial charge in [0.1, 0.15) is 0 Å². The number of alkyl halides is 1. The molecule has 0 aliphatic carbocycles. The largest absolute Gasteiger partial charge is 0.481 e. The predicted molar refractivity (Wildman–Crippen MR) is 49.5 cm³/mol. The van der Waals surface area contributed by atoms with Crippen LogP contribution in [0.1, 0.15) is 12.8 Å². The van der Waals surface area contributed by atoms with Crippen molar-refractivity contribution in [1.29, 1.82) is 0 Å². The van der Waals surface area contributed by atoms with Gasteiger partial charge in [0.25, 0.3) is 10.1 Å². The summed E-state index contributed by atoms with van der Waals surface area (Å²) in [6.45, 7) is 0. The molecule has 0 aromatic rings. The first kappa shape index (κ1) is 14.1. The minimum atomic E-state index is -5.05. The Labute approximate surface area is 90.4 Å². The minimum absolute atomic E-state index is 0.403. The Kier molecular flexibility index (Phi) is 4.50. The van der Waals surface area contributed by atoms with Gasteiger partial charge < -0.3 is 10.2 Å². The molecule has 0 amide bonds. The third-order valence-corrected chi connectivity index (χ3v) is 3.52. The van der Waals surface area contributed by atoms with Crippen molar-refractivity contribution in [1.82, 2.24) is 0 Å². The fourth-order valence-electron chi connectivity index (χ4n) is 0.998. The highest BCUT2D eigenvalue weighted by atomic mass is 35.5. The van der Waals surface area contributed by atoms with Crippen molar-refractivity contribution in [3.8, 4) is 0 Å². The molecule has 7 nitrogen and oxygen atoms in total. The first-order valence-electron chi connectivity index (χ1n) is 3.65. The summed E-state index contributed by atoms with van der Waals surface area (Å²) in [5, 5.41) is 17.1. The molecule has 3 N–H and O–H groups in total. The van der Waals surface area contributed by atoms with Crippen LogP contribution in [0.15, 0.2) is 0 Å². The van der Waals surface area contributed by atoms with E-state index in [9.17, 15) is 18.0 Å². The van der Waals surface area contributed by atoms with E-state index in [-0.39, 0.29) is 0 Å². The van der Waals surface area contributed by atoms with Crippen molar-refractivity contribution in [3.63, 3.8) is 0 Å². The van der Waals surface area contributed by atoms with Crippen molar-refractivity contribution in [2.24, 2.45) is 0 Å². The Morgan fingerprint density at radius 3 is 1.93 bits per heavy atom. The Balaban J connectivity index is 5.48. The highest BCUT2D eigenvalue weighted by Gasteiger charge is 2.51. The van der Waals surface area contributed by atoms with Gasteiger partial charge in [0.15, 0.2) is 0 Å². The maximum absolute atomic E-state index is 10.9. The van der Waals surface area contributed by atoms with Gasteiger partial charge in [0.05, 0.1) is 6.42 Å². The summed E-state index contributed by atoms with van der Waals surface area (Å²) in [6, 6.07) is 0. The lowest BCUT2D eigenvalue weighted by Crippen LogP contribution is -2.48. The number of hydrogen-bond donors (Lipinski definition) is 3. The molecule has 0 heterocycles. The summed E-state index contributed by atoms with van der Waals surface area (Å²) in [7, 11) is -5.05. The first-order chi connectivity index (χ1) is 6.67. The van der Waals surface area contributed by atoms with Gasteiger partial charge in [0.2, 0.25) is 4.75 Å². The number of halogens is 1. The summed E-state index contributed by atoms with van der Waals surface area (Å²) < 4.78 is 27.7. The van der Waals surface area contributed by atoms with Crippen LogP contribution in [-0.2, 0) is 19.7 Å². The van der Waals surface area contributed by atoms with Gasteiger partial charge in [-0.05, 0) is 6.42 Å². The highest BCUT2D eigenvalue weighted by molar-refractivity contribution is 7.88. The predicted octanol–water partition coefficient (Wildman–Crippen LogP) is -0.199. The molecular weight excluding hydrogens is 252 g/mol. The quantitative estimate of drug-likeness (QED) is 0.445. The van der Waals surface area contributed by atoms with E-state index in [1.807, 2.05) is 0 Å². The van der Waals surface area contributed by atoms with Gasteiger partial charge in [-0.3, -0.25) is 14.1 Å². The molecule has 0 aliphatic rings. The second-order valence-electron chi connectivity index (χ2n) is 2.78. The van der Waals surface area contributed by atoms with Crippen molar-refractivity contribution < 1.29 is 32.8 Å². The molecule has 0 bridgehead atoms. The van der Waals surface area contributed by atoms with E-state index in [1.165, 1.54) is 0 Å². The molecule has 0 fully saturated rings. The number of carboxylic acid groups (broad SMARTS) is 2. The molecule has 1 unspecified atom stereocenters. The first-order valence-corrected chi connectivity index (χ1v) is 5.63. The molecule has 0 aliphatic heterocycles. The second kappa shape index (κ2) is 4.77. The van der Waals surface area contributed by atoms with E-state index in [2.05, 4.69) is 0 Å². The third kappa shape index (κ3) is 3.05. The van der Waals surface area contributed by atoms with Crippen LogP contribution in [0, 0.1) is 0 Å². The average molecular weight is 261 g/mol. The average Bonchev–Trinajstić information content (AvgIpc) is 1.99. The maximum Gasteiger partial charge on any atom is 0.328 e. The third-order valence-electron chi connectivity index (χ3n) is 1.82. The highest BCUT2D eigenvalue weighted by Crippen LogP contribution is 2.26. The van der Waals surface area contributed by atoms with Crippen LogP contribution in [0.4, 0.5) is 0 Å². The van der Waals surface area contributed by atoms with E-state index in [0.29, 0.717) is 0 Å². The zero-order chi connectivity index (χ0) is 12.3. The molecule has 88 valence electrons. The Morgan fingerprint density at radius 2 is 1.73 bits per heavy atom. The standard InChI is InChI=1S/C6H9ClO7S/c7-2-1-6(5(10)11,3-4(8)9)15(12,13)14/h1-3H2,(H,8,9)(H,10,11)(H,12,13,14). The number of hydrogen-bond acceptors (Lipinski definition) is 4. The Morgan fingerprint density at radius 1 is 1.27 bits per heavy atom. The second-order valence-corrected chi connectivity index (χ2v) is 4.89. The molecule has 0 spiro atoms. The fourth-order valence-corrected chi connectivity index (χ4v) is 2.32. The van der Waals surface area contributed by atoms with Crippen molar-refractivity contribution in [2.45, 2.75) is 17.6 Å². The zero-order valence-electron chi connectivity index (χ0n) is 7.38. The van der Waals surface area contributed by atoms with Crippen LogP contribution in [0.5, 0.6) is 0 Å². The maximum atomic E-state index is 10.9. The van der Waals surface area contributed by atoms with Crippen LogP contribution >= 0.6 is 11.6 Å². The molecule has 9 heteroatoms. The Bertz CT molecular complexity index is 362. The fraction of sp³-hybridized carbons (Fsp3) is 0.667. The van der Waals surface area contributed by atoms with Crippen LogP contribution < -0.4 is 0 Å². The number of aliphatic carboxylic acids is 2. The van der Waals surface area contributed by atoms with Crippen LogP contribution in [0.2, 0.25) is 0 Å². The molecule has 0 radical (unpaired) electrons. The molecular formula is C6H9ClO7S. The van der Waals surface area contributed by atoms with Crippen molar-refractivity contribution in [2.75, 3.05) is 5.88 Å². The van der Waals surface area contributed by atoms with Gasteiger partial charge in [0, 0.05) is 5.88 Å².